The molecule has 3 aliphatic heterocycles. The van der Waals surface area contributed by atoms with Crippen molar-refractivity contribution in [2.24, 2.45) is 0 Å². The minimum atomic E-state index is -0.825. The Morgan fingerprint density at radius 1 is 0.951 bits per heavy atom. The van der Waals surface area contributed by atoms with Gasteiger partial charge in [-0.2, -0.15) is 0 Å². The smallest absolute Gasteiger partial charge is 0.420 e. The molecule has 1 aromatic heterocycles. The fourth-order valence-corrected chi connectivity index (χ4v) is 5.07. The Bertz CT molecular complexity index is 1330. The van der Waals surface area contributed by atoms with E-state index in [4.69, 9.17) is 18.9 Å². The van der Waals surface area contributed by atoms with Crippen molar-refractivity contribution in [2.45, 2.75) is 71.7 Å². The molecule has 1 aromatic carbocycles. The highest BCUT2D eigenvalue weighted by Gasteiger charge is 2.40. The van der Waals surface area contributed by atoms with Crippen molar-refractivity contribution in [3.05, 3.63) is 35.4 Å². The van der Waals surface area contributed by atoms with Crippen molar-refractivity contribution >= 4 is 29.5 Å². The Hall–Kier alpha value is -3.67. The molecule has 2 fully saturated rings. The Labute approximate surface area is 239 Å². The van der Waals surface area contributed by atoms with Crippen LogP contribution in [0, 0.1) is 5.82 Å². The van der Waals surface area contributed by atoms with Crippen LogP contribution in [0.1, 0.15) is 71.6 Å². The summed E-state index contributed by atoms with van der Waals surface area (Å²) >= 11 is 0. The number of benzene rings is 1. The first-order valence-electron chi connectivity index (χ1n) is 13.9. The first-order valence-corrected chi connectivity index (χ1v) is 13.9. The van der Waals surface area contributed by atoms with Crippen molar-refractivity contribution in [3.8, 4) is 5.75 Å². The standard InChI is InChI=1S/C29H38FN5O6/c1-17-22-24(33-8-10-38-11-9-33)31-16-32-25(22)35(27(37)41-29(5,6)7)21-13-18(12-20(30)23(21)39-17)19-14-34(15-19)26(36)40-28(2,3)4/h12-13,16-17,19H,8-11,14-15H2,1-7H3. The molecule has 1 atom stereocenters. The number of morpholine rings is 1. The third-order valence-corrected chi connectivity index (χ3v) is 6.93. The van der Waals surface area contributed by atoms with Crippen LogP contribution in [0.4, 0.5) is 31.3 Å². The van der Waals surface area contributed by atoms with Gasteiger partial charge in [-0.3, -0.25) is 0 Å². The lowest BCUT2D eigenvalue weighted by Gasteiger charge is -2.40. The van der Waals surface area contributed by atoms with Gasteiger partial charge in [0.25, 0.3) is 0 Å². The highest BCUT2D eigenvalue weighted by molar-refractivity contribution is 5.99. The maximum atomic E-state index is 15.9. The molecule has 41 heavy (non-hydrogen) atoms. The Balaban J connectivity index is 1.56. The number of carbonyl (C=O) groups is 2. The van der Waals surface area contributed by atoms with E-state index in [0.717, 1.165) is 0 Å². The molecule has 0 N–H and O–H groups in total. The topological polar surface area (TPSA) is 107 Å². The van der Waals surface area contributed by atoms with Crippen LogP contribution in [0.2, 0.25) is 0 Å². The molecule has 0 radical (unpaired) electrons. The summed E-state index contributed by atoms with van der Waals surface area (Å²) < 4.78 is 38.8. The number of aromatic nitrogens is 2. The molecule has 5 rings (SSSR count). The zero-order valence-corrected chi connectivity index (χ0v) is 24.7. The van der Waals surface area contributed by atoms with Crippen molar-refractivity contribution in [2.75, 3.05) is 49.2 Å². The molecule has 1 unspecified atom stereocenters. The number of likely N-dealkylation sites (tertiary alicyclic amines) is 1. The summed E-state index contributed by atoms with van der Waals surface area (Å²) in [5, 5.41) is 0. The number of hydrogen-bond acceptors (Lipinski definition) is 9. The SMILES string of the molecule is CC1Oc2c(F)cc(C3CN(C(=O)OC(C)(C)C)C3)cc2N(C(=O)OC(C)(C)C)c2ncnc(N3CCOCC3)c21. The molecule has 4 heterocycles. The lowest BCUT2D eigenvalue weighted by Crippen LogP contribution is -2.50. The summed E-state index contributed by atoms with van der Waals surface area (Å²) in [5.41, 5.74) is -0.0830. The summed E-state index contributed by atoms with van der Waals surface area (Å²) in [6.07, 6.45) is -0.423. The van der Waals surface area contributed by atoms with Gasteiger partial charge in [0, 0.05) is 32.1 Å². The molecule has 11 nitrogen and oxygen atoms in total. The fourth-order valence-electron chi connectivity index (χ4n) is 5.07. The second kappa shape index (κ2) is 10.6. The van der Waals surface area contributed by atoms with Gasteiger partial charge >= 0.3 is 12.2 Å². The summed E-state index contributed by atoms with van der Waals surface area (Å²) in [7, 11) is 0. The average molecular weight is 572 g/mol. The molecule has 2 aromatic rings. The zero-order valence-electron chi connectivity index (χ0n) is 24.7. The van der Waals surface area contributed by atoms with Gasteiger partial charge in [0.1, 0.15) is 29.5 Å². The van der Waals surface area contributed by atoms with Crippen molar-refractivity contribution in [1.29, 1.82) is 0 Å². The van der Waals surface area contributed by atoms with E-state index in [1.165, 1.54) is 17.3 Å². The minimum Gasteiger partial charge on any atom is -0.480 e. The predicted molar refractivity (Wildman–Crippen MR) is 149 cm³/mol. The number of carbonyl (C=O) groups excluding carboxylic acids is 2. The molecule has 2 saturated heterocycles. The highest BCUT2D eigenvalue weighted by atomic mass is 19.1. The van der Waals surface area contributed by atoms with Gasteiger partial charge in [-0.25, -0.2) is 28.8 Å². The van der Waals surface area contributed by atoms with Crippen LogP contribution in [0.5, 0.6) is 5.75 Å². The van der Waals surface area contributed by atoms with Crippen molar-refractivity contribution < 1.29 is 32.9 Å². The van der Waals surface area contributed by atoms with Crippen LogP contribution in [-0.4, -0.2) is 77.6 Å². The summed E-state index contributed by atoms with van der Waals surface area (Å²) in [5.74, 6) is 0.00302. The molecule has 0 bridgehead atoms. The van der Waals surface area contributed by atoms with Crippen LogP contribution >= 0.6 is 0 Å². The Morgan fingerprint density at radius 2 is 1.56 bits per heavy atom. The van der Waals surface area contributed by atoms with Gasteiger partial charge in [-0.05, 0) is 66.2 Å². The number of ether oxygens (including phenoxy) is 4. The molecule has 3 aliphatic rings. The van der Waals surface area contributed by atoms with E-state index >= 15 is 4.39 Å². The maximum absolute atomic E-state index is 15.9. The van der Waals surface area contributed by atoms with Gasteiger partial charge in [0.15, 0.2) is 17.4 Å². The first kappa shape index (κ1) is 28.8. The number of nitrogens with zero attached hydrogens (tertiary/aromatic N) is 5. The molecule has 0 saturated carbocycles. The lowest BCUT2D eigenvalue weighted by molar-refractivity contribution is 0.00816. The largest absolute Gasteiger partial charge is 0.480 e. The van der Waals surface area contributed by atoms with E-state index in [1.807, 2.05) is 20.8 Å². The monoisotopic (exact) mass is 571 g/mol. The Kier molecular flexibility index (Phi) is 7.47. The molecule has 222 valence electrons. The third kappa shape index (κ3) is 6.02. The maximum Gasteiger partial charge on any atom is 0.420 e. The molecular formula is C29H38FN5O6. The minimum absolute atomic E-state index is 0.0821. The third-order valence-electron chi connectivity index (χ3n) is 6.93. The molecular weight excluding hydrogens is 533 g/mol. The van der Waals surface area contributed by atoms with Crippen LogP contribution in [0.15, 0.2) is 18.5 Å². The lowest BCUT2D eigenvalue weighted by atomic mass is 9.91. The van der Waals surface area contributed by atoms with Gasteiger partial charge in [0.2, 0.25) is 0 Å². The van der Waals surface area contributed by atoms with Crippen LogP contribution in [0.25, 0.3) is 0 Å². The van der Waals surface area contributed by atoms with E-state index in [-0.39, 0.29) is 23.2 Å². The van der Waals surface area contributed by atoms with Crippen LogP contribution in [-0.2, 0) is 14.2 Å². The fraction of sp³-hybridized carbons (Fsp3) is 0.586. The van der Waals surface area contributed by atoms with Gasteiger partial charge in [0.05, 0.1) is 24.5 Å². The number of hydrogen-bond donors (Lipinski definition) is 0. The Morgan fingerprint density at radius 3 is 2.20 bits per heavy atom. The second-order valence-corrected chi connectivity index (χ2v) is 12.5. The summed E-state index contributed by atoms with van der Waals surface area (Å²) in [6, 6.07) is 3.12. The number of amides is 2. The van der Waals surface area contributed by atoms with Gasteiger partial charge in [-0.1, -0.05) is 0 Å². The molecule has 0 spiro atoms. The quantitative estimate of drug-likeness (QED) is 0.474. The van der Waals surface area contributed by atoms with E-state index in [0.29, 0.717) is 56.3 Å². The van der Waals surface area contributed by atoms with Gasteiger partial charge < -0.3 is 28.7 Å². The summed E-state index contributed by atoms with van der Waals surface area (Å²) in [6.45, 7) is 15.5. The number of anilines is 3. The first-order chi connectivity index (χ1) is 19.2. The molecule has 12 heteroatoms. The molecule has 0 aliphatic carbocycles. The van der Waals surface area contributed by atoms with Crippen LogP contribution in [0.3, 0.4) is 0 Å². The number of halogens is 1. The van der Waals surface area contributed by atoms with Crippen molar-refractivity contribution in [3.63, 3.8) is 0 Å². The second-order valence-electron chi connectivity index (χ2n) is 12.5. The van der Waals surface area contributed by atoms with E-state index in [1.54, 1.807) is 38.7 Å². The predicted octanol–water partition coefficient (Wildman–Crippen LogP) is 5.31. The average Bonchev–Trinajstić information content (AvgIpc) is 2.96. The van der Waals surface area contributed by atoms with Gasteiger partial charge in [-0.15, -0.1) is 0 Å². The number of fused-ring (bicyclic) bond motifs is 2. The highest BCUT2D eigenvalue weighted by Crippen LogP contribution is 2.48. The summed E-state index contributed by atoms with van der Waals surface area (Å²) in [4.78, 5) is 40.2. The van der Waals surface area contributed by atoms with E-state index < -0.39 is 35.3 Å². The normalized spacial score (nSPS) is 19.4. The molecule has 2 amide bonds. The number of rotatable bonds is 2. The zero-order chi connectivity index (χ0) is 29.7. The van der Waals surface area contributed by atoms with E-state index in [2.05, 4.69) is 14.9 Å². The van der Waals surface area contributed by atoms with Crippen molar-refractivity contribution in [1.82, 2.24) is 14.9 Å². The van der Waals surface area contributed by atoms with Crippen LogP contribution < -0.4 is 14.5 Å². The van der Waals surface area contributed by atoms with E-state index in [9.17, 15) is 9.59 Å².